The van der Waals surface area contributed by atoms with Gasteiger partial charge in [-0.25, -0.2) is 4.39 Å². The van der Waals surface area contributed by atoms with Crippen molar-refractivity contribution in [2.75, 3.05) is 0 Å². The van der Waals surface area contributed by atoms with Gasteiger partial charge >= 0.3 is 0 Å². The third-order valence-electron chi connectivity index (χ3n) is 3.61. The molecule has 0 saturated heterocycles. The minimum atomic E-state index is -0.307. The molecule has 1 aromatic heterocycles. The zero-order chi connectivity index (χ0) is 16.2. The Balaban J connectivity index is 1.72. The van der Waals surface area contributed by atoms with Crippen LogP contribution in [0.2, 0.25) is 0 Å². The van der Waals surface area contributed by atoms with Crippen molar-refractivity contribution in [3.05, 3.63) is 77.7 Å². The Morgan fingerprint density at radius 1 is 1.13 bits per heavy atom. The van der Waals surface area contributed by atoms with Gasteiger partial charge in [0.15, 0.2) is 0 Å². The molecule has 116 valence electrons. The van der Waals surface area contributed by atoms with E-state index < -0.39 is 0 Å². The maximum Gasteiger partial charge on any atom is 0.269 e. The number of aromatic nitrogens is 2. The van der Waals surface area contributed by atoms with Gasteiger partial charge in [0.25, 0.3) is 5.91 Å². The molecule has 0 aliphatic rings. The summed E-state index contributed by atoms with van der Waals surface area (Å²) in [5.74, 6) is -0.541. The zero-order valence-electron chi connectivity index (χ0n) is 12.6. The fourth-order valence-electron chi connectivity index (χ4n) is 2.31. The number of amides is 1. The summed E-state index contributed by atoms with van der Waals surface area (Å²) < 4.78 is 12.9. The summed E-state index contributed by atoms with van der Waals surface area (Å²) in [6.45, 7) is 1.92. The summed E-state index contributed by atoms with van der Waals surface area (Å²) >= 11 is 0. The van der Waals surface area contributed by atoms with Crippen molar-refractivity contribution in [3.63, 3.8) is 0 Å². The van der Waals surface area contributed by atoms with Crippen LogP contribution in [0.15, 0.2) is 60.7 Å². The Morgan fingerprint density at radius 2 is 1.83 bits per heavy atom. The number of nitrogens with zero attached hydrogens (tertiary/aromatic N) is 1. The lowest BCUT2D eigenvalue weighted by molar-refractivity contribution is 0.0935. The summed E-state index contributed by atoms with van der Waals surface area (Å²) in [4.78, 5) is 12.3. The highest BCUT2D eigenvalue weighted by atomic mass is 19.1. The van der Waals surface area contributed by atoms with Gasteiger partial charge in [-0.2, -0.15) is 5.10 Å². The molecule has 2 N–H and O–H groups in total. The lowest BCUT2D eigenvalue weighted by atomic mass is 10.1. The standard InChI is InChI=1S/C18H16FN3O/c1-12(13-5-3-2-4-6-13)20-18(23)17-11-16(21-22-17)14-7-9-15(19)10-8-14/h2-12H,1H3,(H,20,23)(H,21,22)/t12-/m0/s1. The Labute approximate surface area is 133 Å². The van der Waals surface area contributed by atoms with E-state index in [1.165, 1.54) is 12.1 Å². The average Bonchev–Trinajstić information content (AvgIpc) is 3.06. The molecule has 0 fully saturated rings. The van der Waals surface area contributed by atoms with E-state index in [-0.39, 0.29) is 17.8 Å². The van der Waals surface area contributed by atoms with E-state index in [2.05, 4.69) is 15.5 Å². The van der Waals surface area contributed by atoms with Gasteiger partial charge in [0, 0.05) is 5.56 Å². The molecule has 0 unspecified atom stereocenters. The first-order chi connectivity index (χ1) is 11.1. The predicted molar refractivity (Wildman–Crippen MR) is 86.3 cm³/mol. The van der Waals surface area contributed by atoms with Crippen LogP contribution >= 0.6 is 0 Å². The van der Waals surface area contributed by atoms with E-state index in [1.54, 1.807) is 18.2 Å². The van der Waals surface area contributed by atoms with Crippen molar-refractivity contribution in [3.8, 4) is 11.3 Å². The summed E-state index contributed by atoms with van der Waals surface area (Å²) in [6, 6.07) is 17.2. The maximum atomic E-state index is 12.9. The van der Waals surface area contributed by atoms with Crippen LogP contribution in [0.25, 0.3) is 11.3 Å². The molecule has 0 saturated carbocycles. The molecule has 0 bridgehead atoms. The molecule has 2 aromatic carbocycles. The van der Waals surface area contributed by atoms with Crippen LogP contribution in [0.4, 0.5) is 4.39 Å². The van der Waals surface area contributed by atoms with E-state index in [0.717, 1.165) is 11.1 Å². The molecule has 4 nitrogen and oxygen atoms in total. The van der Waals surface area contributed by atoms with E-state index >= 15 is 0 Å². The SMILES string of the molecule is C[C@H](NC(=O)c1cc(-c2ccc(F)cc2)n[nH]1)c1ccccc1. The second kappa shape index (κ2) is 6.44. The van der Waals surface area contributed by atoms with Gasteiger partial charge in [-0.1, -0.05) is 30.3 Å². The monoisotopic (exact) mass is 309 g/mol. The molecule has 0 radical (unpaired) electrons. The predicted octanol–water partition coefficient (Wildman–Crippen LogP) is 3.71. The van der Waals surface area contributed by atoms with Crippen molar-refractivity contribution in [2.45, 2.75) is 13.0 Å². The fraction of sp³-hybridized carbons (Fsp3) is 0.111. The van der Waals surface area contributed by atoms with Crippen molar-refractivity contribution in [1.29, 1.82) is 0 Å². The van der Waals surface area contributed by atoms with E-state index in [0.29, 0.717) is 11.4 Å². The molecule has 0 spiro atoms. The van der Waals surface area contributed by atoms with Gasteiger partial charge in [0.2, 0.25) is 0 Å². The first-order valence-electron chi connectivity index (χ1n) is 7.30. The summed E-state index contributed by atoms with van der Waals surface area (Å²) in [6.07, 6.45) is 0. The highest BCUT2D eigenvalue weighted by molar-refractivity contribution is 5.93. The number of hydrogen-bond acceptors (Lipinski definition) is 2. The number of benzene rings is 2. The number of halogens is 1. The van der Waals surface area contributed by atoms with E-state index in [9.17, 15) is 9.18 Å². The van der Waals surface area contributed by atoms with Gasteiger partial charge < -0.3 is 5.32 Å². The number of carbonyl (C=O) groups excluding carboxylic acids is 1. The summed E-state index contributed by atoms with van der Waals surface area (Å²) in [5.41, 5.74) is 2.74. The van der Waals surface area contributed by atoms with Crippen LogP contribution in [-0.4, -0.2) is 16.1 Å². The molecule has 1 atom stereocenters. The highest BCUT2D eigenvalue weighted by Gasteiger charge is 2.14. The zero-order valence-corrected chi connectivity index (χ0v) is 12.6. The van der Waals surface area contributed by atoms with Crippen LogP contribution < -0.4 is 5.32 Å². The molecule has 0 aliphatic carbocycles. The normalized spacial score (nSPS) is 11.9. The maximum absolute atomic E-state index is 12.9. The van der Waals surface area contributed by atoms with Crippen molar-refractivity contribution in [2.24, 2.45) is 0 Å². The minimum Gasteiger partial charge on any atom is -0.344 e. The number of aromatic amines is 1. The first-order valence-corrected chi connectivity index (χ1v) is 7.30. The van der Waals surface area contributed by atoms with Crippen molar-refractivity contribution in [1.82, 2.24) is 15.5 Å². The summed E-state index contributed by atoms with van der Waals surface area (Å²) in [5, 5.41) is 9.74. The Bertz CT molecular complexity index is 797. The second-order valence-corrected chi connectivity index (χ2v) is 5.28. The van der Waals surface area contributed by atoms with Crippen LogP contribution in [0.1, 0.15) is 29.0 Å². The number of carbonyl (C=O) groups is 1. The Morgan fingerprint density at radius 3 is 2.52 bits per heavy atom. The van der Waals surface area contributed by atoms with Crippen LogP contribution in [0.3, 0.4) is 0 Å². The number of H-pyrrole nitrogens is 1. The molecule has 23 heavy (non-hydrogen) atoms. The molecular weight excluding hydrogens is 293 g/mol. The van der Waals surface area contributed by atoms with Crippen molar-refractivity contribution < 1.29 is 9.18 Å². The lowest BCUT2D eigenvalue weighted by Crippen LogP contribution is -2.26. The minimum absolute atomic E-state index is 0.110. The van der Waals surface area contributed by atoms with Crippen LogP contribution in [-0.2, 0) is 0 Å². The van der Waals surface area contributed by atoms with Gasteiger partial charge in [-0.15, -0.1) is 0 Å². The van der Waals surface area contributed by atoms with Gasteiger partial charge in [-0.05, 0) is 42.8 Å². The molecular formula is C18H16FN3O. The molecule has 1 heterocycles. The second-order valence-electron chi connectivity index (χ2n) is 5.28. The molecule has 0 aliphatic heterocycles. The number of nitrogens with one attached hydrogen (secondary N) is 2. The van der Waals surface area contributed by atoms with Gasteiger partial charge in [0.05, 0.1) is 11.7 Å². The molecule has 1 amide bonds. The molecule has 5 heteroatoms. The third kappa shape index (κ3) is 3.45. The Kier molecular flexibility index (Phi) is 4.19. The number of hydrogen-bond donors (Lipinski definition) is 2. The van der Waals surface area contributed by atoms with Crippen molar-refractivity contribution >= 4 is 5.91 Å². The van der Waals surface area contributed by atoms with Gasteiger partial charge in [-0.3, -0.25) is 9.89 Å². The Hall–Kier alpha value is -2.95. The van der Waals surface area contributed by atoms with Crippen LogP contribution in [0, 0.1) is 5.82 Å². The van der Waals surface area contributed by atoms with Crippen LogP contribution in [0.5, 0.6) is 0 Å². The largest absolute Gasteiger partial charge is 0.344 e. The topological polar surface area (TPSA) is 57.8 Å². The molecule has 3 rings (SSSR count). The molecule has 3 aromatic rings. The lowest BCUT2D eigenvalue weighted by Gasteiger charge is -2.13. The van der Waals surface area contributed by atoms with E-state index in [4.69, 9.17) is 0 Å². The quantitative estimate of drug-likeness (QED) is 0.772. The summed E-state index contributed by atoms with van der Waals surface area (Å²) in [7, 11) is 0. The van der Waals surface area contributed by atoms with E-state index in [1.807, 2.05) is 37.3 Å². The average molecular weight is 309 g/mol. The third-order valence-corrected chi connectivity index (χ3v) is 3.61. The first kappa shape index (κ1) is 15.0. The smallest absolute Gasteiger partial charge is 0.269 e. The fourth-order valence-corrected chi connectivity index (χ4v) is 2.31. The van der Waals surface area contributed by atoms with Gasteiger partial charge in [0.1, 0.15) is 11.5 Å². The highest BCUT2D eigenvalue weighted by Crippen LogP contribution is 2.18. The number of rotatable bonds is 4.